The minimum atomic E-state index is -1.44. The van der Waals surface area contributed by atoms with E-state index in [9.17, 15) is 14.0 Å². The van der Waals surface area contributed by atoms with Crippen molar-refractivity contribution in [2.75, 3.05) is 5.32 Å². The van der Waals surface area contributed by atoms with Crippen molar-refractivity contribution in [1.82, 2.24) is 10.3 Å². The molecule has 104 valence electrons. The molecule has 0 atom stereocenters. The van der Waals surface area contributed by atoms with Gasteiger partial charge in [-0.2, -0.15) is 0 Å². The fourth-order valence-corrected chi connectivity index (χ4v) is 2.04. The first-order chi connectivity index (χ1) is 9.58. The van der Waals surface area contributed by atoms with Gasteiger partial charge in [0.25, 0.3) is 0 Å². The van der Waals surface area contributed by atoms with E-state index in [1.165, 1.54) is 23.5 Å². The van der Waals surface area contributed by atoms with Crippen LogP contribution in [0.3, 0.4) is 0 Å². The number of rotatable bonds is 4. The molecule has 0 aliphatic heterocycles. The summed E-state index contributed by atoms with van der Waals surface area (Å²) in [4.78, 5) is 27.3. The van der Waals surface area contributed by atoms with Gasteiger partial charge in [0.1, 0.15) is 11.4 Å². The number of hydrogen-bond acceptors (Lipinski definition) is 4. The third-order valence-electron chi connectivity index (χ3n) is 2.38. The van der Waals surface area contributed by atoms with Crippen LogP contribution in [0, 0.1) is 5.82 Å². The van der Waals surface area contributed by atoms with E-state index in [0.29, 0.717) is 0 Å². The lowest BCUT2D eigenvalue weighted by molar-refractivity contribution is 0.0693. The fraction of sp³-hybridized carbons (Fsp3) is 0.0833. The molecule has 1 aromatic heterocycles. The number of carbonyl (C=O) groups excluding carboxylic acids is 1. The standard InChI is InChI=1S/C12H10FN3O3S/c13-8-2-1-3-9(10(8)11(17)18)16-12(19)15-5-7-4-14-6-20-7/h1-4,6H,5H2,(H,17,18)(H2,15,16,19). The summed E-state index contributed by atoms with van der Waals surface area (Å²) in [7, 11) is 0. The maximum absolute atomic E-state index is 13.4. The van der Waals surface area contributed by atoms with Gasteiger partial charge in [-0.1, -0.05) is 6.07 Å². The van der Waals surface area contributed by atoms with Gasteiger partial charge in [0.05, 0.1) is 17.7 Å². The Morgan fingerprint density at radius 3 is 2.85 bits per heavy atom. The topological polar surface area (TPSA) is 91.3 Å². The zero-order valence-electron chi connectivity index (χ0n) is 10.1. The molecule has 0 bridgehead atoms. The number of urea groups is 1. The van der Waals surface area contributed by atoms with E-state index >= 15 is 0 Å². The third-order valence-corrected chi connectivity index (χ3v) is 3.16. The Kier molecular flexibility index (Phi) is 4.26. The molecule has 2 aromatic rings. The van der Waals surface area contributed by atoms with Gasteiger partial charge in [0.15, 0.2) is 0 Å². The Bertz CT molecular complexity index is 631. The Morgan fingerprint density at radius 2 is 2.20 bits per heavy atom. The average molecular weight is 295 g/mol. The van der Waals surface area contributed by atoms with Crippen LogP contribution in [-0.4, -0.2) is 22.1 Å². The number of aromatic nitrogens is 1. The fourth-order valence-electron chi connectivity index (χ4n) is 1.51. The molecule has 0 saturated heterocycles. The minimum absolute atomic E-state index is 0.0979. The van der Waals surface area contributed by atoms with Crippen LogP contribution in [0.25, 0.3) is 0 Å². The highest BCUT2D eigenvalue weighted by atomic mass is 32.1. The Hall–Kier alpha value is -2.48. The van der Waals surface area contributed by atoms with Crippen molar-refractivity contribution in [3.05, 3.63) is 46.2 Å². The SMILES string of the molecule is O=C(NCc1cncs1)Nc1cccc(F)c1C(=O)O. The summed E-state index contributed by atoms with van der Waals surface area (Å²) in [5, 5.41) is 13.8. The summed E-state index contributed by atoms with van der Waals surface area (Å²) in [6, 6.07) is 3.04. The van der Waals surface area contributed by atoms with Gasteiger partial charge in [0.2, 0.25) is 0 Å². The molecule has 1 aromatic carbocycles. The summed E-state index contributed by atoms with van der Waals surface area (Å²) in [6.45, 7) is 0.258. The number of thiazole rings is 1. The van der Waals surface area contributed by atoms with E-state index in [0.717, 1.165) is 10.9 Å². The lowest BCUT2D eigenvalue weighted by Gasteiger charge is -2.09. The summed E-state index contributed by atoms with van der Waals surface area (Å²) < 4.78 is 13.4. The first kappa shape index (κ1) is 13.9. The maximum atomic E-state index is 13.4. The van der Waals surface area contributed by atoms with Crippen LogP contribution in [0.1, 0.15) is 15.2 Å². The molecule has 20 heavy (non-hydrogen) atoms. The minimum Gasteiger partial charge on any atom is -0.478 e. The average Bonchev–Trinajstić information content (AvgIpc) is 2.89. The largest absolute Gasteiger partial charge is 0.478 e. The summed E-state index contributed by atoms with van der Waals surface area (Å²) in [6.07, 6.45) is 1.61. The number of amides is 2. The van der Waals surface area contributed by atoms with Crippen molar-refractivity contribution in [3.63, 3.8) is 0 Å². The molecule has 2 rings (SSSR count). The van der Waals surface area contributed by atoms with Crippen molar-refractivity contribution >= 4 is 29.0 Å². The van der Waals surface area contributed by atoms with E-state index in [-0.39, 0.29) is 12.2 Å². The zero-order chi connectivity index (χ0) is 14.5. The zero-order valence-corrected chi connectivity index (χ0v) is 10.9. The maximum Gasteiger partial charge on any atom is 0.340 e. The Labute approximate surface area is 117 Å². The van der Waals surface area contributed by atoms with Gasteiger partial charge in [-0.05, 0) is 12.1 Å². The number of nitrogens with one attached hydrogen (secondary N) is 2. The third kappa shape index (κ3) is 3.29. The van der Waals surface area contributed by atoms with Crippen LogP contribution in [0.4, 0.5) is 14.9 Å². The molecule has 0 spiro atoms. The second kappa shape index (κ2) is 6.11. The molecule has 0 fully saturated rings. The second-order valence-electron chi connectivity index (χ2n) is 3.74. The van der Waals surface area contributed by atoms with E-state index in [2.05, 4.69) is 15.6 Å². The monoisotopic (exact) mass is 295 g/mol. The summed E-state index contributed by atoms with van der Waals surface area (Å²) in [5.41, 5.74) is 0.962. The highest BCUT2D eigenvalue weighted by Crippen LogP contribution is 2.18. The number of hydrogen-bond donors (Lipinski definition) is 3. The Balaban J connectivity index is 2.04. The smallest absolute Gasteiger partial charge is 0.340 e. The van der Waals surface area contributed by atoms with E-state index in [1.807, 2.05) is 0 Å². The lowest BCUT2D eigenvalue weighted by Crippen LogP contribution is -2.28. The quantitative estimate of drug-likeness (QED) is 0.807. The molecular formula is C12H10FN3O3S. The highest BCUT2D eigenvalue weighted by Gasteiger charge is 2.17. The van der Waals surface area contributed by atoms with Gasteiger partial charge in [-0.15, -0.1) is 11.3 Å². The predicted molar refractivity (Wildman–Crippen MR) is 71.3 cm³/mol. The second-order valence-corrected chi connectivity index (χ2v) is 4.71. The number of carboxylic acid groups (broad SMARTS) is 1. The van der Waals surface area contributed by atoms with Gasteiger partial charge in [-0.25, -0.2) is 14.0 Å². The predicted octanol–water partition coefficient (Wildman–Crippen LogP) is 2.30. The van der Waals surface area contributed by atoms with Gasteiger partial charge < -0.3 is 15.7 Å². The summed E-state index contributed by atoms with van der Waals surface area (Å²) in [5.74, 6) is -2.35. The van der Waals surface area contributed by atoms with Crippen LogP contribution < -0.4 is 10.6 Å². The molecule has 0 aliphatic rings. The van der Waals surface area contributed by atoms with Crippen LogP contribution in [-0.2, 0) is 6.54 Å². The van der Waals surface area contributed by atoms with Crippen molar-refractivity contribution in [3.8, 4) is 0 Å². The molecule has 2 amide bonds. The summed E-state index contributed by atoms with van der Waals surface area (Å²) >= 11 is 1.37. The molecule has 6 nitrogen and oxygen atoms in total. The molecule has 0 unspecified atom stereocenters. The normalized spacial score (nSPS) is 10.1. The number of aromatic carboxylic acids is 1. The van der Waals surface area contributed by atoms with E-state index < -0.39 is 23.4 Å². The highest BCUT2D eigenvalue weighted by molar-refractivity contribution is 7.09. The van der Waals surface area contributed by atoms with Gasteiger partial charge >= 0.3 is 12.0 Å². The van der Waals surface area contributed by atoms with Gasteiger partial charge in [0, 0.05) is 11.1 Å². The molecule has 0 aliphatic carbocycles. The first-order valence-corrected chi connectivity index (χ1v) is 6.40. The van der Waals surface area contributed by atoms with Gasteiger partial charge in [-0.3, -0.25) is 4.98 Å². The van der Waals surface area contributed by atoms with Crippen LogP contribution in [0.15, 0.2) is 29.9 Å². The molecule has 8 heteroatoms. The van der Waals surface area contributed by atoms with Crippen LogP contribution in [0.5, 0.6) is 0 Å². The van der Waals surface area contributed by atoms with E-state index in [4.69, 9.17) is 5.11 Å². The molecule has 0 radical (unpaired) electrons. The molecule has 3 N–H and O–H groups in total. The number of anilines is 1. The number of carboxylic acids is 1. The number of carbonyl (C=O) groups is 2. The first-order valence-electron chi connectivity index (χ1n) is 5.52. The molecular weight excluding hydrogens is 285 g/mol. The lowest BCUT2D eigenvalue weighted by atomic mass is 10.1. The van der Waals surface area contributed by atoms with E-state index in [1.54, 1.807) is 11.7 Å². The van der Waals surface area contributed by atoms with Crippen LogP contribution >= 0.6 is 11.3 Å². The Morgan fingerprint density at radius 1 is 1.40 bits per heavy atom. The number of halogens is 1. The number of benzene rings is 1. The van der Waals surface area contributed by atoms with Crippen molar-refractivity contribution in [2.45, 2.75) is 6.54 Å². The van der Waals surface area contributed by atoms with Crippen molar-refractivity contribution < 1.29 is 19.1 Å². The van der Waals surface area contributed by atoms with Crippen LogP contribution in [0.2, 0.25) is 0 Å². The molecule has 0 saturated carbocycles. The van der Waals surface area contributed by atoms with Crippen molar-refractivity contribution in [1.29, 1.82) is 0 Å². The number of nitrogens with zero attached hydrogens (tertiary/aromatic N) is 1. The molecule has 1 heterocycles. The van der Waals surface area contributed by atoms with Crippen molar-refractivity contribution in [2.24, 2.45) is 0 Å².